The van der Waals surface area contributed by atoms with E-state index in [9.17, 15) is 0 Å². The van der Waals surface area contributed by atoms with Crippen molar-refractivity contribution in [3.05, 3.63) is 138 Å². The van der Waals surface area contributed by atoms with Crippen LogP contribution in [0.25, 0.3) is 10.8 Å². The van der Waals surface area contributed by atoms with Crippen LogP contribution < -0.4 is 10.6 Å². The molecule has 4 heteroatoms. The lowest BCUT2D eigenvalue weighted by molar-refractivity contribution is 0.865. The van der Waals surface area contributed by atoms with Crippen molar-refractivity contribution in [2.45, 2.75) is 37.1 Å². The first-order valence-electron chi connectivity index (χ1n) is 13.2. The molecule has 0 saturated carbocycles. The van der Waals surface area contributed by atoms with Gasteiger partial charge in [0.2, 0.25) is 0 Å². The van der Waals surface area contributed by atoms with Crippen molar-refractivity contribution >= 4 is 39.7 Å². The largest absolute Gasteiger partial charge is 0.368 e. The van der Waals surface area contributed by atoms with Crippen molar-refractivity contribution in [2.75, 3.05) is 10.6 Å². The molecule has 2 N–H and O–H groups in total. The van der Waals surface area contributed by atoms with Gasteiger partial charge in [-0.2, -0.15) is 0 Å². The summed E-state index contributed by atoms with van der Waals surface area (Å²) in [4.78, 5) is 6.42. The van der Waals surface area contributed by atoms with Crippen LogP contribution in [0.5, 0.6) is 0 Å². The van der Waals surface area contributed by atoms with Crippen molar-refractivity contribution in [2.24, 2.45) is 4.99 Å². The molecule has 0 fully saturated rings. The van der Waals surface area contributed by atoms with Gasteiger partial charge in [0.05, 0.1) is 5.69 Å². The van der Waals surface area contributed by atoms with Crippen LogP contribution in [0.3, 0.4) is 0 Å². The minimum absolute atomic E-state index is 0.0690. The molecule has 2 unspecified atom stereocenters. The summed E-state index contributed by atoms with van der Waals surface area (Å²) in [6.45, 7) is 6.01. The van der Waals surface area contributed by atoms with Crippen molar-refractivity contribution in [1.29, 1.82) is 0 Å². The molecular formula is C34H33N3S. The molecule has 0 radical (unpaired) electrons. The van der Waals surface area contributed by atoms with Gasteiger partial charge in [0.15, 0.2) is 0 Å². The number of nitrogens with one attached hydrogen (secondary N) is 2. The summed E-state index contributed by atoms with van der Waals surface area (Å²) >= 11 is 1.87. The number of fused-ring (bicyclic) bond motifs is 4. The molecular weight excluding hydrogens is 482 g/mol. The van der Waals surface area contributed by atoms with E-state index in [1.165, 1.54) is 38.0 Å². The third-order valence-electron chi connectivity index (χ3n) is 6.53. The average Bonchev–Trinajstić information content (AvgIpc) is 3.42. The molecule has 6 rings (SSSR count). The zero-order chi connectivity index (χ0) is 26.3. The van der Waals surface area contributed by atoms with Gasteiger partial charge >= 0.3 is 0 Å². The zero-order valence-corrected chi connectivity index (χ0v) is 22.9. The number of hydrogen-bond donors (Lipinski definition) is 2. The van der Waals surface area contributed by atoms with E-state index in [1.54, 1.807) is 0 Å². The van der Waals surface area contributed by atoms with Gasteiger partial charge in [-0.05, 0) is 41.6 Å². The van der Waals surface area contributed by atoms with Crippen molar-refractivity contribution in [3.63, 3.8) is 0 Å². The van der Waals surface area contributed by atoms with Gasteiger partial charge < -0.3 is 10.6 Å². The molecule has 0 aromatic heterocycles. The van der Waals surface area contributed by atoms with E-state index >= 15 is 0 Å². The van der Waals surface area contributed by atoms with Gasteiger partial charge in [-0.1, -0.05) is 129 Å². The zero-order valence-electron chi connectivity index (χ0n) is 22.1. The topological polar surface area (TPSA) is 36.4 Å². The Morgan fingerprint density at radius 2 is 1.50 bits per heavy atom. The van der Waals surface area contributed by atoms with E-state index in [4.69, 9.17) is 4.99 Å². The highest BCUT2D eigenvalue weighted by molar-refractivity contribution is 8.00. The van der Waals surface area contributed by atoms with Crippen molar-refractivity contribution < 1.29 is 0 Å². The predicted molar refractivity (Wildman–Crippen MR) is 166 cm³/mol. The van der Waals surface area contributed by atoms with E-state index in [2.05, 4.69) is 95.6 Å². The highest BCUT2D eigenvalue weighted by atomic mass is 32.2. The SMILES string of the molecule is CC.C\C=C/C=C\C=C\C1=NC(c2ccc(C3Nc4ccccc4S3)cc2)c2ccc3ccccc3c2N1. The molecule has 38 heavy (non-hydrogen) atoms. The minimum Gasteiger partial charge on any atom is -0.368 e. The third kappa shape index (κ3) is 5.32. The fourth-order valence-electron chi connectivity index (χ4n) is 4.74. The maximum Gasteiger partial charge on any atom is 0.126 e. The Kier molecular flexibility index (Phi) is 8.10. The second-order valence-electron chi connectivity index (χ2n) is 8.87. The number of thioether (sulfide) groups is 1. The number of allylic oxidation sites excluding steroid dienone is 5. The molecule has 3 nitrogen and oxygen atoms in total. The van der Waals surface area contributed by atoms with Crippen molar-refractivity contribution in [3.8, 4) is 0 Å². The fraction of sp³-hybridized carbons (Fsp3) is 0.147. The first-order valence-corrected chi connectivity index (χ1v) is 14.1. The van der Waals surface area contributed by atoms with Crippen LogP contribution in [-0.4, -0.2) is 5.84 Å². The van der Waals surface area contributed by atoms with E-state index in [0.29, 0.717) is 0 Å². The molecule has 2 atom stereocenters. The Balaban J connectivity index is 0.00000144. The third-order valence-corrected chi connectivity index (χ3v) is 7.77. The van der Waals surface area contributed by atoms with Crippen LogP contribution in [0.15, 0.2) is 131 Å². The molecule has 0 bridgehead atoms. The Bertz CT molecular complexity index is 1500. The Morgan fingerprint density at radius 1 is 0.763 bits per heavy atom. The van der Waals surface area contributed by atoms with Gasteiger partial charge in [-0.15, -0.1) is 0 Å². The summed E-state index contributed by atoms with van der Waals surface area (Å²) in [5.41, 5.74) is 6.00. The molecule has 2 aliphatic heterocycles. The average molecular weight is 516 g/mol. The lowest BCUT2D eigenvalue weighted by Crippen LogP contribution is -2.19. The van der Waals surface area contributed by atoms with E-state index in [0.717, 1.165) is 11.5 Å². The summed E-state index contributed by atoms with van der Waals surface area (Å²) in [6.07, 6.45) is 12.2. The van der Waals surface area contributed by atoms with Crippen LogP contribution in [0, 0.1) is 0 Å². The Hall–Kier alpha value is -4.02. The number of benzene rings is 4. The van der Waals surface area contributed by atoms with Crippen LogP contribution in [0.1, 0.15) is 48.9 Å². The number of hydrogen-bond acceptors (Lipinski definition) is 4. The van der Waals surface area contributed by atoms with Crippen LogP contribution in [0.4, 0.5) is 11.4 Å². The second kappa shape index (κ2) is 12.0. The fourth-order valence-corrected chi connectivity index (χ4v) is 5.88. The number of anilines is 2. The maximum atomic E-state index is 5.12. The summed E-state index contributed by atoms with van der Waals surface area (Å²) in [5, 5.41) is 9.89. The molecule has 4 aromatic carbocycles. The maximum absolute atomic E-state index is 5.12. The molecule has 0 aliphatic carbocycles. The van der Waals surface area contributed by atoms with Gasteiger partial charge in [-0.3, -0.25) is 4.99 Å². The molecule has 4 aromatic rings. The smallest absolute Gasteiger partial charge is 0.126 e. The van der Waals surface area contributed by atoms with Crippen LogP contribution >= 0.6 is 11.8 Å². The number of para-hydroxylation sites is 1. The molecule has 2 aliphatic rings. The summed E-state index contributed by atoms with van der Waals surface area (Å²) in [5.74, 6) is 0.863. The molecule has 2 heterocycles. The molecule has 0 spiro atoms. The van der Waals surface area contributed by atoms with Gasteiger partial charge in [0, 0.05) is 21.5 Å². The lowest BCUT2D eigenvalue weighted by Gasteiger charge is -2.26. The highest BCUT2D eigenvalue weighted by Crippen LogP contribution is 2.46. The minimum atomic E-state index is -0.0690. The normalized spacial score (nSPS) is 18.0. The summed E-state index contributed by atoms with van der Waals surface area (Å²) in [6, 6.07) is 30.3. The number of amidine groups is 1. The second-order valence-corrected chi connectivity index (χ2v) is 10.0. The number of rotatable bonds is 5. The highest BCUT2D eigenvalue weighted by Gasteiger charge is 2.26. The predicted octanol–water partition coefficient (Wildman–Crippen LogP) is 9.68. The van der Waals surface area contributed by atoms with Gasteiger partial charge in [-0.25, -0.2) is 0 Å². The summed E-state index contributed by atoms with van der Waals surface area (Å²) in [7, 11) is 0. The standard InChI is InChI=1S/C32H27N3S.C2H6/c1-2-3-4-5-6-15-29-34-30(26-21-20-22-11-7-8-12-25(22)31(26)35-29)23-16-18-24(19-17-23)32-33-27-13-9-10-14-28(27)36-32;1-2/h2-21,30,32-33H,1H3,(H,34,35);1-2H3/b3-2-,5-4-,15-6+;. The number of nitrogens with zero attached hydrogens (tertiary/aromatic N) is 1. The van der Waals surface area contributed by atoms with Gasteiger partial charge in [0.25, 0.3) is 0 Å². The molecule has 0 saturated heterocycles. The first-order chi connectivity index (χ1) is 18.8. The Labute approximate surface area is 230 Å². The van der Waals surface area contributed by atoms with Crippen LogP contribution in [-0.2, 0) is 0 Å². The first kappa shape index (κ1) is 25.6. The van der Waals surface area contributed by atoms with Crippen molar-refractivity contribution in [1.82, 2.24) is 0 Å². The summed E-state index contributed by atoms with van der Waals surface area (Å²) < 4.78 is 0. The Morgan fingerprint density at radius 3 is 2.32 bits per heavy atom. The van der Waals surface area contributed by atoms with Crippen LogP contribution in [0.2, 0.25) is 0 Å². The quantitative estimate of drug-likeness (QED) is 0.260. The monoisotopic (exact) mass is 515 g/mol. The lowest BCUT2D eigenvalue weighted by atomic mass is 9.92. The van der Waals surface area contributed by atoms with E-state index < -0.39 is 0 Å². The van der Waals surface area contributed by atoms with E-state index in [-0.39, 0.29) is 11.4 Å². The number of aliphatic imine (C=N–C) groups is 1. The van der Waals surface area contributed by atoms with Gasteiger partial charge in [0.1, 0.15) is 17.3 Å². The van der Waals surface area contributed by atoms with E-state index in [1.807, 2.05) is 69.0 Å². The molecule has 0 amide bonds. The molecule has 190 valence electrons.